The Labute approximate surface area is 225 Å². The van der Waals surface area contributed by atoms with Crippen molar-refractivity contribution in [2.24, 2.45) is 35.8 Å². The first-order valence-corrected chi connectivity index (χ1v) is 13.8. The Morgan fingerprint density at radius 1 is 0.811 bits per heavy atom. The van der Waals surface area contributed by atoms with Gasteiger partial charge in [-0.2, -0.15) is 0 Å². The smallest absolute Gasteiger partial charge is 0.309 e. The Balaban J connectivity index is 1.64. The summed E-state index contributed by atoms with van der Waals surface area (Å²) in [6, 6.07) is 2.11. The van der Waals surface area contributed by atoms with Crippen molar-refractivity contribution in [2.45, 2.75) is 79.1 Å². The van der Waals surface area contributed by atoms with E-state index >= 15 is 0 Å². The predicted octanol–water partition coefficient (Wildman–Crippen LogP) is 6.21. The summed E-state index contributed by atoms with van der Waals surface area (Å²) < 4.78 is 5.03. The molecule has 2 heterocycles. The first kappa shape index (κ1) is 26.2. The van der Waals surface area contributed by atoms with Crippen LogP contribution in [0.3, 0.4) is 0 Å². The van der Waals surface area contributed by atoms with Crippen molar-refractivity contribution >= 4 is 49.9 Å². The number of aromatic nitrogens is 4. The van der Waals surface area contributed by atoms with Gasteiger partial charge in [0, 0.05) is 25.9 Å². The highest BCUT2D eigenvalue weighted by Crippen LogP contribution is 2.61. The van der Waals surface area contributed by atoms with Crippen LogP contribution in [0.5, 0.6) is 0 Å². The average Bonchev–Trinajstić information content (AvgIpc) is 3.45. The zero-order valence-corrected chi connectivity index (χ0v) is 24.5. The molecule has 8 nitrogen and oxygen atoms in total. The zero-order valence-electron chi connectivity index (χ0n) is 22.9. The quantitative estimate of drug-likeness (QED) is 0.384. The third kappa shape index (κ3) is 3.12. The van der Waals surface area contributed by atoms with Crippen molar-refractivity contribution in [2.75, 3.05) is 0 Å². The first-order chi connectivity index (χ1) is 17.0. The molecule has 2 N–H and O–H groups in total. The van der Waals surface area contributed by atoms with E-state index in [0.717, 1.165) is 51.0 Å². The summed E-state index contributed by atoms with van der Waals surface area (Å²) in [6.45, 7) is 11.9. The highest BCUT2D eigenvalue weighted by Gasteiger charge is 2.58. The number of aryl methyl sites for hydroxylation is 2. The fourth-order valence-electron chi connectivity index (χ4n) is 7.25. The van der Waals surface area contributed by atoms with E-state index < -0.39 is 33.6 Å². The van der Waals surface area contributed by atoms with Crippen LogP contribution < -0.4 is 0 Å². The minimum absolute atomic E-state index is 0.0116. The van der Waals surface area contributed by atoms with Crippen LogP contribution in [0.25, 0.3) is 22.1 Å². The minimum atomic E-state index is -0.813. The van der Waals surface area contributed by atoms with Crippen LogP contribution in [-0.2, 0) is 23.7 Å². The van der Waals surface area contributed by atoms with E-state index in [9.17, 15) is 19.8 Å². The van der Waals surface area contributed by atoms with Crippen LogP contribution in [-0.4, -0.2) is 41.3 Å². The van der Waals surface area contributed by atoms with Crippen molar-refractivity contribution in [3.8, 4) is 0 Å². The molecule has 2 aliphatic rings. The molecule has 2 fully saturated rings. The lowest BCUT2D eigenvalue weighted by molar-refractivity contribution is -0.154. The SMILES string of the molecule is Cn1c(C2CCC(C)(C(=O)O)C2(C)C)nc2c(Br)c3nc(C4CCC(C)(C(=O)O)C4(C)C)n(C)c3cc21. The maximum Gasteiger partial charge on any atom is 0.309 e. The van der Waals surface area contributed by atoms with Gasteiger partial charge in [-0.15, -0.1) is 0 Å². The van der Waals surface area contributed by atoms with Gasteiger partial charge < -0.3 is 19.3 Å². The molecule has 5 rings (SSSR count). The van der Waals surface area contributed by atoms with Gasteiger partial charge in [-0.1, -0.05) is 27.7 Å². The normalized spacial score (nSPS) is 30.9. The fourth-order valence-corrected chi connectivity index (χ4v) is 7.83. The summed E-state index contributed by atoms with van der Waals surface area (Å²) in [7, 11) is 4.01. The summed E-state index contributed by atoms with van der Waals surface area (Å²) in [4.78, 5) is 34.5. The van der Waals surface area contributed by atoms with Crippen molar-refractivity contribution in [1.29, 1.82) is 0 Å². The van der Waals surface area contributed by atoms with Crippen LogP contribution >= 0.6 is 15.9 Å². The van der Waals surface area contributed by atoms with E-state index in [4.69, 9.17) is 9.97 Å². The molecule has 3 aromatic rings. The van der Waals surface area contributed by atoms with Gasteiger partial charge in [0.2, 0.25) is 0 Å². The standard InChI is InChI=1S/C28H37BrN4O4/c1-25(2)14(9-11-27(25,5)23(34)35)21-30-19-16(32(21)7)13-17-20(18(19)29)31-22(33(17)8)15-10-12-28(6,24(36)37)26(15,3)4/h13-15H,9-12H2,1-8H3,(H,34,35)(H,36,37). The van der Waals surface area contributed by atoms with E-state index in [2.05, 4.69) is 31.1 Å². The monoisotopic (exact) mass is 572 g/mol. The number of carboxylic acid groups (broad SMARTS) is 2. The maximum atomic E-state index is 12.2. The number of carboxylic acids is 2. The molecule has 0 amide bonds. The third-order valence-electron chi connectivity index (χ3n) is 11.1. The van der Waals surface area contributed by atoms with Crippen LogP contribution in [0.1, 0.15) is 90.7 Å². The molecular weight excluding hydrogens is 536 g/mol. The molecule has 1 aromatic carbocycles. The molecule has 4 unspecified atom stereocenters. The number of aliphatic carboxylic acids is 2. The number of imidazole rings is 2. The van der Waals surface area contributed by atoms with Gasteiger partial charge in [0.25, 0.3) is 0 Å². The third-order valence-corrected chi connectivity index (χ3v) is 11.8. The van der Waals surface area contributed by atoms with Gasteiger partial charge in [0.05, 0.1) is 26.3 Å². The molecule has 4 atom stereocenters. The number of carbonyl (C=O) groups is 2. The largest absolute Gasteiger partial charge is 0.481 e. The highest BCUT2D eigenvalue weighted by atomic mass is 79.9. The number of fused-ring (bicyclic) bond motifs is 2. The molecule has 200 valence electrons. The zero-order chi connectivity index (χ0) is 27.5. The van der Waals surface area contributed by atoms with Crippen molar-refractivity contribution in [3.63, 3.8) is 0 Å². The Hall–Kier alpha value is -2.42. The first-order valence-electron chi connectivity index (χ1n) is 13.0. The molecule has 0 saturated heterocycles. The summed E-state index contributed by atoms with van der Waals surface area (Å²) in [5.41, 5.74) is 1.01. The predicted molar refractivity (Wildman–Crippen MR) is 146 cm³/mol. The van der Waals surface area contributed by atoms with Crippen LogP contribution in [0.4, 0.5) is 0 Å². The van der Waals surface area contributed by atoms with Gasteiger partial charge in [0.1, 0.15) is 22.7 Å². The van der Waals surface area contributed by atoms with Gasteiger partial charge >= 0.3 is 11.9 Å². The molecule has 0 radical (unpaired) electrons. The van der Waals surface area contributed by atoms with E-state index in [1.54, 1.807) is 0 Å². The van der Waals surface area contributed by atoms with E-state index in [-0.39, 0.29) is 11.8 Å². The average molecular weight is 574 g/mol. The Bertz CT molecular complexity index is 1380. The topological polar surface area (TPSA) is 110 Å². The van der Waals surface area contributed by atoms with Gasteiger partial charge in [-0.05, 0) is 72.4 Å². The maximum absolute atomic E-state index is 12.2. The van der Waals surface area contributed by atoms with Gasteiger partial charge in [0.15, 0.2) is 0 Å². The van der Waals surface area contributed by atoms with Gasteiger partial charge in [-0.3, -0.25) is 9.59 Å². The second-order valence-electron chi connectivity index (χ2n) is 12.9. The van der Waals surface area contributed by atoms with Crippen molar-refractivity contribution < 1.29 is 19.8 Å². The molecule has 2 saturated carbocycles. The number of rotatable bonds is 4. The van der Waals surface area contributed by atoms with Crippen LogP contribution in [0.15, 0.2) is 10.5 Å². The number of benzene rings is 1. The van der Waals surface area contributed by atoms with Crippen molar-refractivity contribution in [3.05, 3.63) is 22.2 Å². The van der Waals surface area contributed by atoms with Crippen LogP contribution in [0, 0.1) is 21.7 Å². The summed E-state index contributed by atoms with van der Waals surface area (Å²) >= 11 is 3.80. The fraction of sp³-hybridized carbons (Fsp3) is 0.643. The lowest BCUT2D eigenvalue weighted by atomic mass is 9.65. The second kappa shape index (κ2) is 7.80. The summed E-state index contributed by atoms with van der Waals surface area (Å²) in [6.07, 6.45) is 2.77. The molecule has 0 spiro atoms. The molecule has 37 heavy (non-hydrogen) atoms. The molecule has 0 bridgehead atoms. The molecule has 9 heteroatoms. The Morgan fingerprint density at radius 3 is 1.46 bits per heavy atom. The lowest BCUT2D eigenvalue weighted by Gasteiger charge is -2.38. The lowest BCUT2D eigenvalue weighted by Crippen LogP contribution is -2.40. The van der Waals surface area contributed by atoms with Crippen LogP contribution in [0.2, 0.25) is 0 Å². The second-order valence-corrected chi connectivity index (χ2v) is 13.7. The number of nitrogens with zero attached hydrogens (tertiary/aromatic N) is 4. The minimum Gasteiger partial charge on any atom is -0.481 e. The molecular formula is C28H37BrN4O4. The number of hydrogen-bond donors (Lipinski definition) is 2. The van der Waals surface area contributed by atoms with E-state index in [0.29, 0.717) is 12.8 Å². The number of halogens is 1. The number of hydrogen-bond acceptors (Lipinski definition) is 4. The Morgan fingerprint density at radius 2 is 1.16 bits per heavy atom. The summed E-state index contributed by atoms with van der Waals surface area (Å²) in [5.74, 6) is 0.313. The van der Waals surface area contributed by atoms with E-state index in [1.807, 2.05) is 55.6 Å². The molecule has 2 aromatic heterocycles. The molecule has 2 aliphatic carbocycles. The molecule has 0 aliphatic heterocycles. The van der Waals surface area contributed by atoms with Crippen molar-refractivity contribution in [1.82, 2.24) is 19.1 Å². The van der Waals surface area contributed by atoms with Gasteiger partial charge in [-0.25, -0.2) is 9.97 Å². The highest BCUT2D eigenvalue weighted by molar-refractivity contribution is 9.10. The van der Waals surface area contributed by atoms with E-state index in [1.165, 1.54) is 0 Å². The summed E-state index contributed by atoms with van der Waals surface area (Å²) in [5, 5.41) is 20.0. The Kier molecular flexibility index (Phi) is 5.53.